The summed E-state index contributed by atoms with van der Waals surface area (Å²) in [7, 11) is 1.55. The van der Waals surface area contributed by atoms with Gasteiger partial charge in [0.05, 0.1) is 17.6 Å². The third-order valence-corrected chi connectivity index (χ3v) is 4.92. The molecule has 0 saturated carbocycles. The first-order chi connectivity index (χ1) is 14.9. The topological polar surface area (TPSA) is 67.2 Å². The number of imidazole rings is 1. The minimum atomic E-state index is -0.444. The van der Waals surface area contributed by atoms with Crippen LogP contribution in [0.2, 0.25) is 0 Å². The van der Waals surface area contributed by atoms with E-state index in [1.807, 2.05) is 47.9 Å². The number of benzene rings is 3. The molecule has 0 aliphatic carbocycles. The summed E-state index contributed by atoms with van der Waals surface area (Å²) in [4.78, 5) is 31.0. The summed E-state index contributed by atoms with van der Waals surface area (Å²) in [5.41, 5.74) is 3.37. The summed E-state index contributed by atoms with van der Waals surface area (Å²) >= 11 is 0. The number of nitrogens with one attached hydrogen (secondary N) is 1. The maximum absolute atomic E-state index is 13.3. The predicted octanol–water partition coefficient (Wildman–Crippen LogP) is 4.18. The van der Waals surface area contributed by atoms with E-state index in [1.165, 1.54) is 23.1 Å². The monoisotopic (exact) mass is 416 g/mol. The van der Waals surface area contributed by atoms with Crippen molar-refractivity contribution in [2.24, 2.45) is 0 Å². The molecule has 156 valence electrons. The molecule has 4 rings (SSSR count). The quantitative estimate of drug-likeness (QED) is 0.531. The number of aromatic nitrogens is 2. The summed E-state index contributed by atoms with van der Waals surface area (Å²) in [6.45, 7) is 1.75. The molecular formula is C24H21FN4O2. The molecule has 0 aliphatic rings. The first-order valence-corrected chi connectivity index (χ1v) is 9.78. The molecule has 0 atom stereocenters. The van der Waals surface area contributed by atoms with Crippen LogP contribution in [0.25, 0.3) is 16.7 Å². The van der Waals surface area contributed by atoms with Crippen LogP contribution in [0, 0.1) is 12.7 Å². The molecule has 0 bridgehead atoms. The Morgan fingerprint density at radius 1 is 1.03 bits per heavy atom. The predicted molar refractivity (Wildman–Crippen MR) is 118 cm³/mol. The maximum Gasteiger partial charge on any atom is 0.254 e. The Morgan fingerprint density at radius 2 is 1.81 bits per heavy atom. The second-order valence-electron chi connectivity index (χ2n) is 7.25. The molecule has 31 heavy (non-hydrogen) atoms. The van der Waals surface area contributed by atoms with Crippen LogP contribution in [0.1, 0.15) is 16.2 Å². The fourth-order valence-corrected chi connectivity index (χ4v) is 3.51. The molecule has 0 unspecified atom stereocenters. The number of aryl methyl sites for hydroxylation is 1. The van der Waals surface area contributed by atoms with Crippen molar-refractivity contribution < 1.29 is 14.0 Å². The normalized spacial score (nSPS) is 10.8. The van der Waals surface area contributed by atoms with Crippen molar-refractivity contribution in [1.29, 1.82) is 0 Å². The number of likely N-dealkylation sites (N-methyl/N-ethyl adjacent to an activating group) is 1. The smallest absolute Gasteiger partial charge is 0.254 e. The van der Waals surface area contributed by atoms with Gasteiger partial charge in [-0.15, -0.1) is 0 Å². The van der Waals surface area contributed by atoms with Crippen molar-refractivity contribution in [2.75, 3.05) is 18.9 Å². The van der Waals surface area contributed by atoms with Gasteiger partial charge in [0.25, 0.3) is 5.91 Å². The Hall–Kier alpha value is -4.00. The van der Waals surface area contributed by atoms with E-state index in [9.17, 15) is 14.0 Å². The highest BCUT2D eigenvalue weighted by Crippen LogP contribution is 2.22. The van der Waals surface area contributed by atoms with Gasteiger partial charge < -0.3 is 10.2 Å². The zero-order valence-electron chi connectivity index (χ0n) is 17.2. The van der Waals surface area contributed by atoms with Gasteiger partial charge in [-0.05, 0) is 55.5 Å². The molecular weight excluding hydrogens is 395 g/mol. The van der Waals surface area contributed by atoms with Gasteiger partial charge in [-0.3, -0.25) is 14.2 Å². The van der Waals surface area contributed by atoms with Gasteiger partial charge in [-0.1, -0.05) is 24.3 Å². The average Bonchev–Trinajstić information content (AvgIpc) is 3.08. The van der Waals surface area contributed by atoms with E-state index in [2.05, 4.69) is 10.3 Å². The molecule has 0 saturated heterocycles. The minimum Gasteiger partial charge on any atom is -0.332 e. The second-order valence-corrected chi connectivity index (χ2v) is 7.25. The number of hydrogen-bond acceptors (Lipinski definition) is 3. The largest absolute Gasteiger partial charge is 0.332 e. The fraction of sp³-hybridized carbons (Fsp3) is 0.125. The van der Waals surface area contributed by atoms with Crippen LogP contribution in [0.4, 0.5) is 10.1 Å². The molecule has 7 heteroatoms. The van der Waals surface area contributed by atoms with E-state index >= 15 is 0 Å². The molecule has 3 aromatic carbocycles. The number of carbonyl (C=O) groups excluding carboxylic acids is 2. The van der Waals surface area contributed by atoms with Gasteiger partial charge >= 0.3 is 0 Å². The third kappa shape index (κ3) is 4.30. The average molecular weight is 416 g/mol. The molecule has 6 nitrogen and oxygen atoms in total. The van der Waals surface area contributed by atoms with Crippen LogP contribution in [-0.4, -0.2) is 39.9 Å². The number of rotatable bonds is 5. The van der Waals surface area contributed by atoms with Gasteiger partial charge in [0, 0.05) is 24.0 Å². The zero-order valence-corrected chi connectivity index (χ0v) is 17.2. The Kier molecular flexibility index (Phi) is 5.49. The van der Waals surface area contributed by atoms with Gasteiger partial charge in [-0.25, -0.2) is 9.37 Å². The molecule has 4 aromatic rings. The summed E-state index contributed by atoms with van der Waals surface area (Å²) in [5.74, 6) is -0.343. The van der Waals surface area contributed by atoms with Gasteiger partial charge in [0.15, 0.2) is 0 Å². The number of halogens is 1. The summed E-state index contributed by atoms with van der Waals surface area (Å²) in [6, 6.07) is 20.8. The van der Waals surface area contributed by atoms with Crippen LogP contribution in [0.5, 0.6) is 0 Å². The Balaban J connectivity index is 1.51. The Labute approximate surface area is 178 Å². The molecule has 1 N–H and O–H groups in total. The number of anilines is 1. The lowest BCUT2D eigenvalue weighted by Gasteiger charge is -2.17. The Bertz CT molecular complexity index is 1270. The summed E-state index contributed by atoms with van der Waals surface area (Å²) < 4.78 is 15.3. The highest BCUT2D eigenvalue weighted by molar-refractivity contribution is 6.01. The lowest BCUT2D eigenvalue weighted by molar-refractivity contribution is -0.116. The molecule has 0 fully saturated rings. The van der Waals surface area contributed by atoms with Crippen LogP contribution in [0.15, 0.2) is 72.8 Å². The van der Waals surface area contributed by atoms with E-state index in [0.29, 0.717) is 16.8 Å². The first-order valence-electron chi connectivity index (χ1n) is 9.78. The Morgan fingerprint density at radius 3 is 2.55 bits per heavy atom. The highest BCUT2D eigenvalue weighted by Gasteiger charge is 2.17. The molecule has 1 heterocycles. The van der Waals surface area contributed by atoms with Crippen molar-refractivity contribution in [3.05, 3.63) is 90.0 Å². The molecule has 0 radical (unpaired) electrons. The van der Waals surface area contributed by atoms with Crippen LogP contribution in [0.3, 0.4) is 0 Å². The van der Waals surface area contributed by atoms with Gasteiger partial charge in [-0.2, -0.15) is 0 Å². The summed E-state index contributed by atoms with van der Waals surface area (Å²) in [6.07, 6.45) is 0. The van der Waals surface area contributed by atoms with E-state index in [-0.39, 0.29) is 12.5 Å². The highest BCUT2D eigenvalue weighted by atomic mass is 19.1. The SMILES string of the molecule is Cc1nc2cc(C(=O)N(C)CC(=O)Nc3cccc(F)c3)ccc2n1-c1ccccc1. The molecule has 0 spiro atoms. The fourth-order valence-electron chi connectivity index (χ4n) is 3.51. The van der Waals surface area contributed by atoms with E-state index in [4.69, 9.17) is 0 Å². The molecule has 0 aliphatic heterocycles. The van der Waals surface area contributed by atoms with Crippen molar-refractivity contribution in [2.45, 2.75) is 6.92 Å². The van der Waals surface area contributed by atoms with Crippen molar-refractivity contribution in [1.82, 2.24) is 14.5 Å². The van der Waals surface area contributed by atoms with Crippen LogP contribution >= 0.6 is 0 Å². The number of para-hydroxylation sites is 1. The van der Waals surface area contributed by atoms with Crippen molar-refractivity contribution in [3.8, 4) is 5.69 Å². The lowest BCUT2D eigenvalue weighted by Crippen LogP contribution is -2.34. The lowest BCUT2D eigenvalue weighted by atomic mass is 10.1. The standard InChI is InChI=1S/C24H21FN4O2/c1-16-26-21-13-17(11-12-22(21)29(16)20-9-4-3-5-10-20)24(31)28(2)15-23(30)27-19-8-6-7-18(25)14-19/h3-14H,15H2,1-2H3,(H,27,30). The van der Waals surface area contributed by atoms with E-state index in [1.54, 1.807) is 25.2 Å². The maximum atomic E-state index is 13.3. The summed E-state index contributed by atoms with van der Waals surface area (Å²) in [5, 5.41) is 2.59. The molecule has 1 aromatic heterocycles. The zero-order chi connectivity index (χ0) is 22.0. The number of nitrogens with zero attached hydrogens (tertiary/aromatic N) is 3. The van der Waals surface area contributed by atoms with Crippen molar-refractivity contribution >= 4 is 28.5 Å². The van der Waals surface area contributed by atoms with E-state index < -0.39 is 11.7 Å². The van der Waals surface area contributed by atoms with Gasteiger partial charge in [0.1, 0.15) is 11.6 Å². The first kappa shape index (κ1) is 20.3. The second kappa shape index (κ2) is 8.39. The number of hydrogen-bond donors (Lipinski definition) is 1. The number of fused-ring (bicyclic) bond motifs is 1. The van der Waals surface area contributed by atoms with Gasteiger partial charge in [0.2, 0.25) is 5.91 Å². The molecule has 2 amide bonds. The van der Waals surface area contributed by atoms with Crippen LogP contribution < -0.4 is 5.32 Å². The third-order valence-electron chi connectivity index (χ3n) is 4.92. The minimum absolute atomic E-state index is 0.162. The van der Waals surface area contributed by atoms with E-state index in [0.717, 1.165) is 17.0 Å². The number of amides is 2. The van der Waals surface area contributed by atoms with Crippen molar-refractivity contribution in [3.63, 3.8) is 0 Å². The van der Waals surface area contributed by atoms with Crippen LogP contribution in [-0.2, 0) is 4.79 Å². The number of carbonyl (C=O) groups is 2.